The van der Waals surface area contributed by atoms with Crippen molar-refractivity contribution in [1.29, 1.82) is 0 Å². The van der Waals surface area contributed by atoms with Gasteiger partial charge in [0.1, 0.15) is 5.82 Å². The van der Waals surface area contributed by atoms with Crippen LogP contribution in [0.3, 0.4) is 0 Å². The number of nitrogens with zero attached hydrogens (tertiary/aromatic N) is 1. The average molecular weight is 247 g/mol. The Morgan fingerprint density at radius 3 is 2.94 bits per heavy atom. The highest BCUT2D eigenvalue weighted by molar-refractivity contribution is 5.92. The van der Waals surface area contributed by atoms with E-state index in [0.29, 0.717) is 5.82 Å². The van der Waals surface area contributed by atoms with E-state index in [1.807, 2.05) is 19.1 Å². The van der Waals surface area contributed by atoms with Crippen LogP contribution in [0.2, 0.25) is 0 Å². The number of aryl methyl sites for hydroxylation is 1. The van der Waals surface area contributed by atoms with Gasteiger partial charge in [-0.05, 0) is 37.5 Å². The summed E-state index contributed by atoms with van der Waals surface area (Å²) in [4.78, 5) is 16.4. The molecule has 0 radical (unpaired) electrons. The van der Waals surface area contributed by atoms with Gasteiger partial charge in [0.05, 0.1) is 5.92 Å². The maximum atomic E-state index is 12.2. The third kappa shape index (κ3) is 3.29. The molecule has 1 saturated carbocycles. The zero-order chi connectivity index (χ0) is 13.0. The third-order valence-corrected chi connectivity index (χ3v) is 3.57. The van der Waals surface area contributed by atoms with Crippen molar-refractivity contribution in [2.45, 2.75) is 45.1 Å². The summed E-state index contributed by atoms with van der Waals surface area (Å²) >= 11 is 0. The second-order valence-corrected chi connectivity index (χ2v) is 5.12. The van der Waals surface area contributed by atoms with Crippen molar-refractivity contribution in [2.24, 2.45) is 11.7 Å². The number of nitrogens with two attached hydrogens (primary N) is 1. The molecule has 1 aliphatic carbocycles. The van der Waals surface area contributed by atoms with Gasteiger partial charge in [-0.1, -0.05) is 19.3 Å². The van der Waals surface area contributed by atoms with Gasteiger partial charge in [-0.3, -0.25) is 4.79 Å². The summed E-state index contributed by atoms with van der Waals surface area (Å²) in [7, 11) is 0. The molecule has 0 spiro atoms. The summed E-state index contributed by atoms with van der Waals surface area (Å²) in [6.07, 6.45) is 6.94. The van der Waals surface area contributed by atoms with Crippen LogP contribution in [0.15, 0.2) is 18.3 Å². The van der Waals surface area contributed by atoms with E-state index in [0.717, 1.165) is 31.2 Å². The lowest BCUT2D eigenvalue weighted by molar-refractivity contribution is -0.120. The number of amides is 1. The molecular weight excluding hydrogens is 226 g/mol. The fraction of sp³-hybridized carbons (Fsp3) is 0.571. The fourth-order valence-corrected chi connectivity index (χ4v) is 2.49. The van der Waals surface area contributed by atoms with Crippen LogP contribution in [-0.4, -0.2) is 16.9 Å². The molecule has 98 valence electrons. The van der Waals surface area contributed by atoms with Crippen molar-refractivity contribution in [1.82, 2.24) is 4.98 Å². The van der Waals surface area contributed by atoms with Crippen LogP contribution in [0.4, 0.5) is 5.82 Å². The number of hydrogen-bond acceptors (Lipinski definition) is 3. The van der Waals surface area contributed by atoms with E-state index >= 15 is 0 Å². The van der Waals surface area contributed by atoms with Crippen LogP contribution in [0.5, 0.6) is 0 Å². The predicted octanol–water partition coefficient (Wildman–Crippen LogP) is 2.24. The lowest BCUT2D eigenvalue weighted by Gasteiger charge is -2.20. The highest BCUT2D eigenvalue weighted by Gasteiger charge is 2.27. The normalized spacial score (nSPS) is 24.3. The van der Waals surface area contributed by atoms with Crippen molar-refractivity contribution < 1.29 is 4.79 Å². The second-order valence-electron chi connectivity index (χ2n) is 5.12. The highest BCUT2D eigenvalue weighted by atomic mass is 16.2. The summed E-state index contributed by atoms with van der Waals surface area (Å²) < 4.78 is 0. The number of aromatic nitrogens is 1. The van der Waals surface area contributed by atoms with Gasteiger partial charge in [0.15, 0.2) is 0 Å². The molecule has 2 atom stereocenters. The molecule has 1 fully saturated rings. The quantitative estimate of drug-likeness (QED) is 0.787. The number of anilines is 1. The first-order valence-corrected chi connectivity index (χ1v) is 6.66. The number of nitrogens with one attached hydrogen (secondary N) is 1. The minimum absolute atomic E-state index is 0.0162. The zero-order valence-corrected chi connectivity index (χ0v) is 10.9. The van der Waals surface area contributed by atoms with Crippen LogP contribution in [0.25, 0.3) is 0 Å². The van der Waals surface area contributed by atoms with Crippen LogP contribution >= 0.6 is 0 Å². The first-order valence-electron chi connectivity index (χ1n) is 6.66. The molecule has 0 aliphatic heterocycles. The van der Waals surface area contributed by atoms with E-state index in [2.05, 4.69) is 10.3 Å². The number of rotatable bonds is 2. The molecular formula is C14H21N3O. The largest absolute Gasteiger partial charge is 0.327 e. The Morgan fingerprint density at radius 2 is 2.17 bits per heavy atom. The lowest BCUT2D eigenvalue weighted by atomic mass is 9.94. The van der Waals surface area contributed by atoms with Gasteiger partial charge in [0.25, 0.3) is 0 Å². The predicted molar refractivity (Wildman–Crippen MR) is 72.2 cm³/mol. The van der Waals surface area contributed by atoms with Crippen LogP contribution in [0.1, 0.15) is 37.7 Å². The van der Waals surface area contributed by atoms with E-state index in [9.17, 15) is 4.79 Å². The highest BCUT2D eigenvalue weighted by Crippen LogP contribution is 2.23. The molecule has 2 unspecified atom stereocenters. The van der Waals surface area contributed by atoms with Gasteiger partial charge in [-0.25, -0.2) is 4.98 Å². The van der Waals surface area contributed by atoms with Gasteiger partial charge >= 0.3 is 0 Å². The first-order chi connectivity index (χ1) is 8.66. The maximum absolute atomic E-state index is 12.2. The number of pyridine rings is 1. The fourth-order valence-electron chi connectivity index (χ4n) is 2.49. The average Bonchev–Trinajstić information content (AvgIpc) is 2.54. The number of hydrogen-bond donors (Lipinski definition) is 2. The van der Waals surface area contributed by atoms with Gasteiger partial charge in [-0.2, -0.15) is 0 Å². The van der Waals surface area contributed by atoms with E-state index in [4.69, 9.17) is 5.73 Å². The Hall–Kier alpha value is -1.42. The standard InChI is InChI=1S/C14H21N3O/c1-10-7-8-16-13(9-10)17-14(18)11-5-3-2-4-6-12(11)15/h7-9,11-12H,2-6,15H2,1H3,(H,16,17,18). The summed E-state index contributed by atoms with van der Waals surface area (Å²) in [6.45, 7) is 1.98. The molecule has 2 rings (SSSR count). The van der Waals surface area contributed by atoms with Crippen molar-refractivity contribution in [3.05, 3.63) is 23.9 Å². The Bertz CT molecular complexity index is 419. The van der Waals surface area contributed by atoms with Crippen molar-refractivity contribution in [3.8, 4) is 0 Å². The molecule has 0 bridgehead atoms. The summed E-state index contributed by atoms with van der Waals surface area (Å²) in [5.74, 6) is 0.564. The van der Waals surface area contributed by atoms with Crippen LogP contribution in [0, 0.1) is 12.8 Å². The molecule has 1 heterocycles. The minimum atomic E-state index is -0.0742. The Morgan fingerprint density at radius 1 is 1.39 bits per heavy atom. The van der Waals surface area contributed by atoms with E-state index in [1.165, 1.54) is 6.42 Å². The second kappa shape index (κ2) is 5.96. The topological polar surface area (TPSA) is 68.0 Å². The molecule has 1 aliphatic rings. The van der Waals surface area contributed by atoms with Crippen molar-refractivity contribution in [2.75, 3.05) is 5.32 Å². The molecule has 3 N–H and O–H groups in total. The van der Waals surface area contributed by atoms with E-state index < -0.39 is 0 Å². The third-order valence-electron chi connectivity index (χ3n) is 3.57. The maximum Gasteiger partial charge on any atom is 0.230 e. The molecule has 4 heteroatoms. The van der Waals surface area contributed by atoms with Gasteiger partial charge in [-0.15, -0.1) is 0 Å². The van der Waals surface area contributed by atoms with Crippen molar-refractivity contribution in [3.63, 3.8) is 0 Å². The molecule has 0 aromatic carbocycles. The molecule has 18 heavy (non-hydrogen) atoms. The Labute approximate surface area is 108 Å². The Kier molecular flexibility index (Phi) is 4.31. The Balaban J connectivity index is 2.02. The van der Waals surface area contributed by atoms with Crippen LogP contribution in [-0.2, 0) is 4.79 Å². The zero-order valence-electron chi connectivity index (χ0n) is 10.9. The molecule has 4 nitrogen and oxygen atoms in total. The van der Waals surface area contributed by atoms with Gasteiger partial charge in [0.2, 0.25) is 5.91 Å². The van der Waals surface area contributed by atoms with Crippen LogP contribution < -0.4 is 11.1 Å². The summed E-state index contributed by atoms with van der Waals surface area (Å²) in [5, 5.41) is 2.88. The molecule has 1 aromatic heterocycles. The number of carbonyl (C=O) groups excluding carboxylic acids is 1. The van der Waals surface area contributed by atoms with Gasteiger partial charge < -0.3 is 11.1 Å². The lowest BCUT2D eigenvalue weighted by Crippen LogP contribution is -2.37. The SMILES string of the molecule is Cc1ccnc(NC(=O)C2CCCCCC2N)c1. The smallest absolute Gasteiger partial charge is 0.230 e. The van der Waals surface area contributed by atoms with E-state index in [-0.39, 0.29) is 17.9 Å². The van der Waals surface area contributed by atoms with E-state index in [1.54, 1.807) is 6.20 Å². The summed E-state index contributed by atoms with van der Waals surface area (Å²) in [5.41, 5.74) is 7.17. The van der Waals surface area contributed by atoms with Crippen molar-refractivity contribution >= 4 is 11.7 Å². The molecule has 0 saturated heterocycles. The van der Waals surface area contributed by atoms with Gasteiger partial charge in [0, 0.05) is 12.2 Å². The first kappa shape index (κ1) is 13.0. The molecule has 1 aromatic rings. The molecule has 1 amide bonds. The number of carbonyl (C=O) groups is 1. The monoisotopic (exact) mass is 247 g/mol. The summed E-state index contributed by atoms with van der Waals surface area (Å²) in [6, 6.07) is 3.77. The minimum Gasteiger partial charge on any atom is -0.327 e.